The summed E-state index contributed by atoms with van der Waals surface area (Å²) in [6, 6.07) is 48.8. The number of hydrogen-bond acceptors (Lipinski definition) is 8. The summed E-state index contributed by atoms with van der Waals surface area (Å²) in [6.07, 6.45) is 0.872. The van der Waals surface area contributed by atoms with Gasteiger partial charge in [-0.1, -0.05) is 134 Å². The number of carbonyl (C=O) groups is 2. The molecule has 302 valence electrons. The lowest BCUT2D eigenvalue weighted by Crippen LogP contribution is -2.45. The number of ether oxygens (including phenoxy) is 1. The van der Waals surface area contributed by atoms with Gasteiger partial charge in [0.2, 0.25) is 5.78 Å². The fourth-order valence-electron chi connectivity index (χ4n) is 11.2. The summed E-state index contributed by atoms with van der Waals surface area (Å²) < 4.78 is 5.54. The first kappa shape index (κ1) is 35.8. The number of esters is 1. The van der Waals surface area contributed by atoms with Gasteiger partial charge in [-0.3, -0.25) is 4.79 Å². The molecule has 2 unspecified atom stereocenters. The summed E-state index contributed by atoms with van der Waals surface area (Å²) >= 11 is 0. The van der Waals surface area contributed by atoms with E-state index < -0.39 is 17.3 Å². The number of fused-ring (bicyclic) bond motifs is 10. The Hall–Kier alpha value is -7.97. The predicted molar refractivity (Wildman–Crippen MR) is 248 cm³/mol. The molecule has 2 heterocycles. The molecule has 8 aromatic rings. The van der Waals surface area contributed by atoms with E-state index in [1.54, 1.807) is 6.92 Å². The molecule has 0 saturated heterocycles. The van der Waals surface area contributed by atoms with Gasteiger partial charge in [-0.05, 0) is 64.6 Å². The second kappa shape index (κ2) is 12.6. The monoisotopic (exact) mass is 818 g/mol. The highest BCUT2D eigenvalue weighted by molar-refractivity contribution is 6.52. The van der Waals surface area contributed by atoms with Crippen LogP contribution in [0.5, 0.6) is 0 Å². The van der Waals surface area contributed by atoms with Crippen LogP contribution in [0, 0.1) is 0 Å². The van der Waals surface area contributed by atoms with Gasteiger partial charge in [0.15, 0.2) is 11.3 Å². The Labute approximate surface area is 361 Å². The van der Waals surface area contributed by atoms with Gasteiger partial charge in [0.25, 0.3) is 0 Å². The molecule has 0 bridgehead atoms. The van der Waals surface area contributed by atoms with E-state index in [2.05, 4.69) is 83.5 Å². The van der Waals surface area contributed by atoms with Gasteiger partial charge in [0.05, 0.1) is 34.4 Å². The number of anilines is 3. The highest BCUT2D eigenvalue weighted by atomic mass is 16.5. The largest absolute Gasteiger partial charge is 0.506 e. The number of aliphatic hydroxyl groups excluding tert-OH is 1. The molecule has 0 radical (unpaired) electrons. The number of hydrogen-bond donors (Lipinski definition) is 4. The van der Waals surface area contributed by atoms with E-state index in [-0.39, 0.29) is 29.3 Å². The van der Waals surface area contributed by atoms with Crippen LogP contribution in [0.3, 0.4) is 0 Å². The van der Waals surface area contributed by atoms with Crippen LogP contribution < -0.4 is 26.5 Å². The first-order valence-electron chi connectivity index (χ1n) is 21.5. The Kier molecular flexibility index (Phi) is 7.12. The molecule has 63 heavy (non-hydrogen) atoms. The molecule has 3 aliphatic carbocycles. The maximum absolute atomic E-state index is 15.1. The number of carbonyl (C=O) groups excluding carboxylic acids is 2. The third-order valence-corrected chi connectivity index (χ3v) is 13.8. The van der Waals surface area contributed by atoms with Gasteiger partial charge in [-0.25, -0.2) is 9.79 Å². The molecule has 2 atom stereocenters. The minimum Gasteiger partial charge on any atom is -0.506 e. The summed E-state index contributed by atoms with van der Waals surface area (Å²) in [7, 11) is 0. The lowest BCUT2D eigenvalue weighted by molar-refractivity contribution is -0.109. The van der Waals surface area contributed by atoms with Crippen molar-refractivity contribution in [2.45, 2.75) is 31.6 Å². The van der Waals surface area contributed by atoms with Gasteiger partial charge in [0.1, 0.15) is 5.76 Å². The van der Waals surface area contributed by atoms with Gasteiger partial charge in [-0.2, -0.15) is 0 Å². The quantitative estimate of drug-likeness (QED) is 0.131. The van der Waals surface area contributed by atoms with E-state index in [4.69, 9.17) is 9.73 Å². The van der Waals surface area contributed by atoms with Crippen molar-refractivity contribution in [1.82, 2.24) is 0 Å². The molecule has 0 fully saturated rings. The normalized spacial score (nSPS) is 20.0. The zero-order valence-electron chi connectivity index (χ0n) is 34.4. The third kappa shape index (κ3) is 4.46. The van der Waals surface area contributed by atoms with Crippen molar-refractivity contribution in [1.29, 1.82) is 0 Å². The Bertz CT molecular complexity index is 3630. The zero-order chi connectivity index (χ0) is 42.4. The topological polar surface area (TPSA) is 112 Å². The van der Waals surface area contributed by atoms with E-state index in [1.165, 1.54) is 11.1 Å². The number of rotatable bonds is 4. The number of allylic oxidation sites excluding steroid dienone is 2. The van der Waals surface area contributed by atoms with Crippen LogP contribution in [-0.2, 0) is 27.3 Å². The van der Waals surface area contributed by atoms with Crippen molar-refractivity contribution >= 4 is 61.5 Å². The molecule has 8 aromatic carbocycles. The van der Waals surface area contributed by atoms with Gasteiger partial charge >= 0.3 is 5.97 Å². The molecule has 8 nitrogen and oxygen atoms in total. The van der Waals surface area contributed by atoms with Gasteiger partial charge in [0, 0.05) is 60.7 Å². The molecule has 8 heteroatoms. The molecule has 0 saturated carbocycles. The van der Waals surface area contributed by atoms with Crippen molar-refractivity contribution in [3.8, 4) is 22.3 Å². The van der Waals surface area contributed by atoms with Gasteiger partial charge < -0.3 is 25.8 Å². The second-order valence-electron chi connectivity index (χ2n) is 16.9. The average molecular weight is 819 g/mol. The summed E-state index contributed by atoms with van der Waals surface area (Å²) in [5.74, 6) is -0.725. The Morgan fingerprint density at radius 2 is 1.29 bits per heavy atom. The highest BCUT2D eigenvalue weighted by Gasteiger charge is 2.50. The zero-order valence-corrected chi connectivity index (χ0v) is 34.4. The minimum atomic E-state index is -1.02. The van der Waals surface area contributed by atoms with Crippen LogP contribution in [0.1, 0.15) is 57.6 Å². The van der Waals surface area contributed by atoms with E-state index in [0.717, 1.165) is 78.3 Å². The Balaban J connectivity index is 1.04. The maximum Gasteiger partial charge on any atom is 0.338 e. The van der Waals surface area contributed by atoms with Crippen LogP contribution in [-0.4, -0.2) is 23.5 Å². The number of ketones is 1. The first-order chi connectivity index (χ1) is 30.9. The lowest BCUT2D eigenvalue weighted by atomic mass is 9.79. The molecule has 0 amide bonds. The fourth-order valence-corrected chi connectivity index (χ4v) is 11.2. The average Bonchev–Trinajstić information content (AvgIpc) is 3.74. The number of benzene rings is 8. The lowest BCUT2D eigenvalue weighted by Gasteiger charge is -2.41. The Morgan fingerprint density at radius 3 is 2.06 bits per heavy atom. The number of aliphatic hydroxyl groups is 1. The molecular formula is C55H38N4O4. The summed E-state index contributed by atoms with van der Waals surface area (Å²) in [5, 5.41) is 29.1. The molecule has 4 N–H and O–H groups in total. The Morgan fingerprint density at radius 1 is 0.619 bits per heavy atom. The SMILES string of the molecule is CCOC(=O)c1cccc2c1-c1ccccc1C21Nc2cccc3ccc(C4=C(O)/C(=c5/ccc6cccc7c6c5=NC5(N7)c6ccccc6-c6c(CC)cccc65)C4=O)c(c23)N1. The smallest absolute Gasteiger partial charge is 0.338 e. The number of nitrogens with one attached hydrogen (secondary N) is 3. The predicted octanol–water partition coefficient (Wildman–Crippen LogP) is 10.1. The van der Waals surface area contributed by atoms with Crippen molar-refractivity contribution in [2.24, 2.45) is 4.99 Å². The maximum atomic E-state index is 15.1. The summed E-state index contributed by atoms with van der Waals surface area (Å²) in [5.41, 5.74) is 11.2. The van der Waals surface area contributed by atoms with Crippen LogP contribution in [0.2, 0.25) is 0 Å². The van der Waals surface area contributed by atoms with Crippen molar-refractivity contribution in [3.63, 3.8) is 0 Å². The molecule has 0 aromatic heterocycles. The van der Waals surface area contributed by atoms with Crippen molar-refractivity contribution in [3.05, 3.63) is 201 Å². The highest BCUT2D eigenvalue weighted by Crippen LogP contribution is 2.57. The van der Waals surface area contributed by atoms with Crippen molar-refractivity contribution in [2.75, 3.05) is 22.6 Å². The minimum absolute atomic E-state index is 0.0735. The first-order valence-corrected chi connectivity index (χ1v) is 21.5. The fraction of sp³-hybridized carbons (Fsp3) is 0.109. The number of Topliss-reactive ketones (excluding diaryl/α,β-unsaturated/α-hetero) is 1. The van der Waals surface area contributed by atoms with E-state index in [9.17, 15) is 9.90 Å². The standard InChI is InChI=1S/C55H38N4O4/c1-3-29-13-9-21-39-43(29)32-16-5-7-19-37(32)54(39)56-41-23-10-14-30-25-27-34(49(58-54)44(30)41)47-51(60)48(52(47)61)35-28-26-31-15-11-24-42-45(31)50(35)59-55(57-42)38-20-8-6-17-33(38)46-36(53(62)63-4-2)18-12-22-40(46)55/h5-28,56-57,59-60H,3-4H2,1-2H3/b47-34+. The number of aryl methyl sites for hydroxylation is 1. The summed E-state index contributed by atoms with van der Waals surface area (Å²) in [4.78, 5) is 34.2. The van der Waals surface area contributed by atoms with Gasteiger partial charge in [-0.15, -0.1) is 0 Å². The molecule has 2 aliphatic heterocycles. The van der Waals surface area contributed by atoms with Crippen LogP contribution in [0.4, 0.5) is 17.1 Å². The van der Waals surface area contributed by atoms with Crippen LogP contribution in [0.15, 0.2) is 156 Å². The molecule has 2 spiro atoms. The van der Waals surface area contributed by atoms with E-state index in [0.29, 0.717) is 27.4 Å². The van der Waals surface area contributed by atoms with E-state index >= 15 is 4.79 Å². The van der Waals surface area contributed by atoms with Crippen molar-refractivity contribution < 1.29 is 19.4 Å². The molecular weight excluding hydrogens is 781 g/mol. The summed E-state index contributed by atoms with van der Waals surface area (Å²) in [6.45, 7) is 4.24. The second-order valence-corrected chi connectivity index (χ2v) is 16.9. The molecule has 5 aliphatic rings. The van der Waals surface area contributed by atoms with E-state index in [1.807, 2.05) is 84.9 Å². The van der Waals surface area contributed by atoms with Crippen LogP contribution in [0.25, 0.3) is 54.9 Å². The third-order valence-electron chi connectivity index (χ3n) is 13.8. The molecule has 13 rings (SSSR count). The van der Waals surface area contributed by atoms with Crippen LogP contribution >= 0.6 is 0 Å². The number of nitrogens with zero attached hydrogens (tertiary/aromatic N) is 1.